The molecule has 2 aromatic carbocycles. The molecule has 2 N–H and O–H groups in total. The Hall–Kier alpha value is -2.49. The Bertz CT molecular complexity index is 577. The van der Waals surface area contributed by atoms with Crippen molar-refractivity contribution in [1.29, 1.82) is 0 Å². The standard InChI is InChI=1S/C17H20N2O2/c1-3-13-4-8-15(9-5-13)19-17(20)18-12-14-6-10-16(21-2)11-7-14/h4-11H,3,12H2,1-2H3,(H2,18,19,20). The molecular formula is C17H20N2O2. The van der Waals surface area contributed by atoms with E-state index in [4.69, 9.17) is 4.74 Å². The Labute approximate surface area is 125 Å². The highest BCUT2D eigenvalue weighted by atomic mass is 16.5. The zero-order chi connectivity index (χ0) is 15.1. The summed E-state index contributed by atoms with van der Waals surface area (Å²) in [5.41, 5.74) is 3.06. The predicted octanol–water partition coefficient (Wildman–Crippen LogP) is 3.58. The molecule has 0 aliphatic rings. The van der Waals surface area contributed by atoms with Crippen molar-refractivity contribution in [2.24, 2.45) is 0 Å². The fourth-order valence-electron chi connectivity index (χ4n) is 1.92. The van der Waals surface area contributed by atoms with E-state index >= 15 is 0 Å². The zero-order valence-corrected chi connectivity index (χ0v) is 12.3. The number of anilines is 1. The lowest BCUT2D eigenvalue weighted by Crippen LogP contribution is -2.28. The average Bonchev–Trinajstić information content (AvgIpc) is 2.54. The molecule has 0 aromatic heterocycles. The lowest BCUT2D eigenvalue weighted by molar-refractivity contribution is 0.251. The minimum Gasteiger partial charge on any atom is -0.497 e. The number of urea groups is 1. The fraction of sp³-hybridized carbons (Fsp3) is 0.235. The molecule has 0 fully saturated rings. The smallest absolute Gasteiger partial charge is 0.319 e. The first-order valence-electron chi connectivity index (χ1n) is 6.98. The molecule has 0 heterocycles. The lowest BCUT2D eigenvalue weighted by Gasteiger charge is -2.08. The summed E-state index contributed by atoms with van der Waals surface area (Å²) in [6.07, 6.45) is 0.990. The summed E-state index contributed by atoms with van der Waals surface area (Å²) in [7, 11) is 1.63. The first-order chi connectivity index (χ1) is 10.2. The van der Waals surface area contributed by atoms with Crippen molar-refractivity contribution < 1.29 is 9.53 Å². The van der Waals surface area contributed by atoms with E-state index in [0.29, 0.717) is 6.54 Å². The van der Waals surface area contributed by atoms with Crippen LogP contribution in [0.2, 0.25) is 0 Å². The molecule has 0 aliphatic heterocycles. The number of carbonyl (C=O) groups is 1. The van der Waals surface area contributed by atoms with Gasteiger partial charge in [-0.2, -0.15) is 0 Å². The van der Waals surface area contributed by atoms with Crippen LogP contribution >= 0.6 is 0 Å². The summed E-state index contributed by atoms with van der Waals surface area (Å²) in [4.78, 5) is 11.8. The number of aryl methyl sites for hydroxylation is 1. The molecule has 110 valence electrons. The predicted molar refractivity (Wildman–Crippen MR) is 84.7 cm³/mol. The number of hydrogen-bond donors (Lipinski definition) is 2. The highest BCUT2D eigenvalue weighted by Gasteiger charge is 2.02. The quantitative estimate of drug-likeness (QED) is 0.881. The van der Waals surface area contributed by atoms with Gasteiger partial charge >= 0.3 is 6.03 Å². The summed E-state index contributed by atoms with van der Waals surface area (Å²) in [5.74, 6) is 0.805. The van der Waals surface area contributed by atoms with Gasteiger partial charge in [-0.15, -0.1) is 0 Å². The van der Waals surface area contributed by atoms with Crippen LogP contribution in [-0.2, 0) is 13.0 Å². The van der Waals surface area contributed by atoms with E-state index in [1.54, 1.807) is 7.11 Å². The summed E-state index contributed by atoms with van der Waals surface area (Å²) in [6, 6.07) is 15.2. The lowest BCUT2D eigenvalue weighted by atomic mass is 10.1. The van der Waals surface area contributed by atoms with Gasteiger partial charge in [-0.05, 0) is 41.8 Å². The van der Waals surface area contributed by atoms with Crippen molar-refractivity contribution in [3.05, 3.63) is 59.7 Å². The number of amides is 2. The summed E-state index contributed by atoms with van der Waals surface area (Å²) in [5, 5.41) is 5.63. The monoisotopic (exact) mass is 284 g/mol. The summed E-state index contributed by atoms with van der Waals surface area (Å²) < 4.78 is 5.09. The van der Waals surface area contributed by atoms with Gasteiger partial charge in [0.25, 0.3) is 0 Å². The Balaban J connectivity index is 1.83. The van der Waals surface area contributed by atoms with Gasteiger partial charge in [0.2, 0.25) is 0 Å². The zero-order valence-electron chi connectivity index (χ0n) is 12.3. The Morgan fingerprint density at radius 3 is 2.19 bits per heavy atom. The minimum atomic E-state index is -0.213. The Morgan fingerprint density at radius 2 is 1.62 bits per heavy atom. The fourth-order valence-corrected chi connectivity index (χ4v) is 1.92. The molecular weight excluding hydrogens is 264 g/mol. The van der Waals surface area contributed by atoms with Gasteiger partial charge in [0.05, 0.1) is 7.11 Å². The molecule has 0 atom stereocenters. The van der Waals surface area contributed by atoms with Crippen LogP contribution in [0.5, 0.6) is 5.75 Å². The molecule has 4 heteroatoms. The molecule has 0 saturated heterocycles. The number of methoxy groups -OCH3 is 1. The molecule has 0 bridgehead atoms. The molecule has 2 aromatic rings. The van der Waals surface area contributed by atoms with E-state index in [1.165, 1.54) is 5.56 Å². The molecule has 2 rings (SSSR count). The maximum absolute atomic E-state index is 11.8. The van der Waals surface area contributed by atoms with Crippen LogP contribution in [0.1, 0.15) is 18.1 Å². The second-order valence-electron chi connectivity index (χ2n) is 4.71. The molecule has 0 spiro atoms. The second-order valence-corrected chi connectivity index (χ2v) is 4.71. The first-order valence-corrected chi connectivity index (χ1v) is 6.98. The van der Waals surface area contributed by atoms with E-state index in [9.17, 15) is 4.79 Å². The van der Waals surface area contributed by atoms with Crippen molar-refractivity contribution in [2.75, 3.05) is 12.4 Å². The van der Waals surface area contributed by atoms with Gasteiger partial charge in [0.1, 0.15) is 5.75 Å². The number of benzene rings is 2. The van der Waals surface area contributed by atoms with Gasteiger partial charge in [-0.1, -0.05) is 31.2 Å². The van der Waals surface area contributed by atoms with Crippen LogP contribution in [0.15, 0.2) is 48.5 Å². The third-order valence-electron chi connectivity index (χ3n) is 3.23. The maximum atomic E-state index is 11.8. The average molecular weight is 284 g/mol. The van der Waals surface area contributed by atoms with Crippen LogP contribution < -0.4 is 15.4 Å². The Morgan fingerprint density at radius 1 is 1.00 bits per heavy atom. The number of hydrogen-bond acceptors (Lipinski definition) is 2. The molecule has 4 nitrogen and oxygen atoms in total. The Kier molecular flexibility index (Phi) is 5.21. The van der Waals surface area contributed by atoms with E-state index in [0.717, 1.165) is 23.4 Å². The van der Waals surface area contributed by atoms with Crippen LogP contribution in [0.25, 0.3) is 0 Å². The molecule has 0 aliphatic carbocycles. The molecule has 0 saturated carbocycles. The van der Waals surface area contributed by atoms with Gasteiger partial charge in [-0.25, -0.2) is 4.79 Å². The number of nitrogens with one attached hydrogen (secondary N) is 2. The minimum absolute atomic E-state index is 0.213. The van der Waals surface area contributed by atoms with E-state index in [2.05, 4.69) is 17.6 Å². The second kappa shape index (κ2) is 7.33. The maximum Gasteiger partial charge on any atom is 0.319 e. The summed E-state index contributed by atoms with van der Waals surface area (Å²) >= 11 is 0. The van der Waals surface area contributed by atoms with Gasteiger partial charge < -0.3 is 15.4 Å². The number of carbonyl (C=O) groups excluding carboxylic acids is 1. The normalized spacial score (nSPS) is 10.0. The van der Waals surface area contributed by atoms with Crippen molar-refractivity contribution in [3.63, 3.8) is 0 Å². The molecule has 21 heavy (non-hydrogen) atoms. The SMILES string of the molecule is CCc1ccc(NC(=O)NCc2ccc(OC)cc2)cc1. The van der Waals surface area contributed by atoms with Gasteiger partial charge in [-0.3, -0.25) is 0 Å². The molecule has 2 amide bonds. The van der Waals surface area contributed by atoms with Crippen LogP contribution in [0.4, 0.5) is 10.5 Å². The topological polar surface area (TPSA) is 50.4 Å². The third-order valence-corrected chi connectivity index (χ3v) is 3.23. The van der Waals surface area contributed by atoms with Crippen LogP contribution in [0, 0.1) is 0 Å². The molecule has 0 unspecified atom stereocenters. The van der Waals surface area contributed by atoms with E-state index in [-0.39, 0.29) is 6.03 Å². The van der Waals surface area contributed by atoms with Gasteiger partial charge in [0.15, 0.2) is 0 Å². The first kappa shape index (κ1) is 14.9. The number of rotatable bonds is 5. The van der Waals surface area contributed by atoms with Crippen molar-refractivity contribution in [3.8, 4) is 5.75 Å². The summed E-state index contributed by atoms with van der Waals surface area (Å²) in [6.45, 7) is 2.58. The van der Waals surface area contributed by atoms with Crippen molar-refractivity contribution in [1.82, 2.24) is 5.32 Å². The third kappa shape index (κ3) is 4.53. The van der Waals surface area contributed by atoms with E-state index in [1.807, 2.05) is 48.5 Å². The van der Waals surface area contributed by atoms with Crippen LogP contribution in [0.3, 0.4) is 0 Å². The molecule has 0 radical (unpaired) electrons. The van der Waals surface area contributed by atoms with Gasteiger partial charge in [0, 0.05) is 12.2 Å². The largest absolute Gasteiger partial charge is 0.497 e. The van der Waals surface area contributed by atoms with Crippen molar-refractivity contribution in [2.45, 2.75) is 19.9 Å². The van der Waals surface area contributed by atoms with Crippen LogP contribution in [-0.4, -0.2) is 13.1 Å². The van der Waals surface area contributed by atoms with Crippen molar-refractivity contribution >= 4 is 11.7 Å². The van der Waals surface area contributed by atoms with E-state index < -0.39 is 0 Å². The highest BCUT2D eigenvalue weighted by Crippen LogP contribution is 2.12. The highest BCUT2D eigenvalue weighted by molar-refractivity contribution is 5.89. The number of ether oxygens (including phenoxy) is 1.